The fraction of sp³-hybridized carbons (Fsp3) is 0.353. The molecule has 2 fully saturated rings. The Hall–Kier alpha value is -1.80. The van der Waals surface area contributed by atoms with Crippen LogP contribution in [-0.4, -0.2) is 51.6 Å². The maximum absolute atomic E-state index is 12.5. The fourth-order valence-electron chi connectivity index (χ4n) is 2.78. The number of hydrogen-bond donors (Lipinski definition) is 1. The summed E-state index contributed by atoms with van der Waals surface area (Å²) in [4.78, 5) is 39.9. The number of piperidine rings is 1. The lowest BCUT2D eigenvalue weighted by molar-refractivity contribution is -0.136. The van der Waals surface area contributed by atoms with Crippen molar-refractivity contribution in [2.75, 3.05) is 19.6 Å². The standard InChI is InChI=1S/C17H17BrN2O4S/c18-12-8-11(4-5-13(12)21)9-14-16(23)20(17(24)25-14)10-15(22)19-6-2-1-3-7-19/h4-5,8-9,21H,1-3,6-7,10H2/b14-9+. The average molecular weight is 425 g/mol. The first-order valence-corrected chi connectivity index (χ1v) is 9.58. The van der Waals surface area contributed by atoms with Gasteiger partial charge in [0.2, 0.25) is 5.91 Å². The van der Waals surface area contributed by atoms with Crippen LogP contribution in [-0.2, 0) is 9.59 Å². The van der Waals surface area contributed by atoms with Gasteiger partial charge in [-0.15, -0.1) is 0 Å². The lowest BCUT2D eigenvalue weighted by atomic mass is 10.1. The van der Waals surface area contributed by atoms with Crippen molar-refractivity contribution in [1.82, 2.24) is 9.80 Å². The summed E-state index contributed by atoms with van der Waals surface area (Å²) in [7, 11) is 0. The smallest absolute Gasteiger partial charge is 0.294 e. The monoisotopic (exact) mass is 424 g/mol. The summed E-state index contributed by atoms with van der Waals surface area (Å²) in [6.07, 6.45) is 4.61. The minimum atomic E-state index is -0.454. The normalized spacial score (nSPS) is 19.8. The second kappa shape index (κ2) is 7.61. The summed E-state index contributed by atoms with van der Waals surface area (Å²) in [5.74, 6) is -0.544. The molecule has 3 rings (SSSR count). The summed E-state index contributed by atoms with van der Waals surface area (Å²) >= 11 is 4.04. The minimum absolute atomic E-state index is 0.0948. The zero-order chi connectivity index (χ0) is 18.0. The molecule has 2 aliphatic rings. The molecule has 1 aromatic carbocycles. The average Bonchev–Trinajstić information content (AvgIpc) is 2.86. The molecule has 1 aromatic rings. The highest BCUT2D eigenvalue weighted by Gasteiger charge is 2.37. The Morgan fingerprint density at radius 2 is 1.96 bits per heavy atom. The maximum atomic E-state index is 12.5. The number of carbonyl (C=O) groups is 3. The van der Waals surface area contributed by atoms with Crippen molar-refractivity contribution in [1.29, 1.82) is 0 Å². The highest BCUT2D eigenvalue weighted by molar-refractivity contribution is 9.10. The molecule has 0 aliphatic carbocycles. The number of likely N-dealkylation sites (tertiary alicyclic amines) is 1. The molecular weight excluding hydrogens is 408 g/mol. The maximum Gasteiger partial charge on any atom is 0.294 e. The van der Waals surface area contributed by atoms with Gasteiger partial charge in [-0.25, -0.2) is 0 Å². The summed E-state index contributed by atoms with van der Waals surface area (Å²) in [5, 5.41) is 9.09. The van der Waals surface area contributed by atoms with Gasteiger partial charge < -0.3 is 10.0 Å². The van der Waals surface area contributed by atoms with Gasteiger partial charge in [-0.3, -0.25) is 19.3 Å². The number of phenols is 1. The van der Waals surface area contributed by atoms with Crippen LogP contribution < -0.4 is 0 Å². The van der Waals surface area contributed by atoms with Gasteiger partial charge in [-0.1, -0.05) is 6.07 Å². The largest absolute Gasteiger partial charge is 0.507 e. The SMILES string of the molecule is O=C(CN1C(=O)S/C(=C/c2ccc(O)c(Br)c2)C1=O)N1CCCCC1. The molecule has 8 heteroatoms. The van der Waals surface area contributed by atoms with E-state index in [9.17, 15) is 19.5 Å². The number of rotatable bonds is 3. The third-order valence-corrected chi connectivity index (χ3v) is 5.69. The van der Waals surface area contributed by atoms with Gasteiger partial charge in [0.15, 0.2) is 0 Å². The van der Waals surface area contributed by atoms with Gasteiger partial charge in [-0.05, 0) is 70.7 Å². The number of imide groups is 1. The van der Waals surface area contributed by atoms with E-state index in [2.05, 4.69) is 15.9 Å². The van der Waals surface area contributed by atoms with Crippen molar-refractivity contribution in [3.63, 3.8) is 0 Å². The molecule has 0 atom stereocenters. The van der Waals surface area contributed by atoms with Crippen LogP contribution in [0.4, 0.5) is 4.79 Å². The van der Waals surface area contributed by atoms with Gasteiger partial charge in [0.05, 0.1) is 9.38 Å². The number of phenolic OH excluding ortho intramolecular Hbond substituents is 1. The van der Waals surface area contributed by atoms with E-state index in [4.69, 9.17) is 0 Å². The van der Waals surface area contributed by atoms with Crippen molar-refractivity contribution in [3.8, 4) is 5.75 Å². The predicted molar refractivity (Wildman–Crippen MR) is 98.9 cm³/mol. The first kappa shape index (κ1) is 18.0. The third kappa shape index (κ3) is 4.07. The van der Waals surface area contributed by atoms with E-state index in [-0.39, 0.29) is 23.1 Å². The van der Waals surface area contributed by atoms with Gasteiger partial charge in [0.25, 0.3) is 11.1 Å². The van der Waals surface area contributed by atoms with Crippen LogP contribution in [0.1, 0.15) is 24.8 Å². The molecule has 25 heavy (non-hydrogen) atoms. The number of thioether (sulfide) groups is 1. The number of halogens is 1. The Kier molecular flexibility index (Phi) is 5.48. The van der Waals surface area contributed by atoms with E-state index in [1.165, 1.54) is 6.07 Å². The number of hydrogen-bond acceptors (Lipinski definition) is 5. The number of benzene rings is 1. The summed E-state index contributed by atoms with van der Waals surface area (Å²) in [6.45, 7) is 1.17. The van der Waals surface area contributed by atoms with Crippen LogP contribution >= 0.6 is 27.7 Å². The van der Waals surface area contributed by atoms with E-state index in [1.54, 1.807) is 23.1 Å². The lowest BCUT2D eigenvalue weighted by Crippen LogP contribution is -2.44. The second-order valence-electron chi connectivity index (χ2n) is 5.92. The molecule has 6 nitrogen and oxygen atoms in total. The minimum Gasteiger partial charge on any atom is -0.507 e. The van der Waals surface area contributed by atoms with Gasteiger partial charge in [0.1, 0.15) is 12.3 Å². The molecule has 0 saturated carbocycles. The third-order valence-electron chi connectivity index (χ3n) is 4.15. The molecule has 0 aromatic heterocycles. The summed E-state index contributed by atoms with van der Waals surface area (Å²) in [6, 6.07) is 4.80. The topological polar surface area (TPSA) is 77.9 Å². The molecule has 132 valence electrons. The molecule has 0 spiro atoms. The van der Waals surface area contributed by atoms with Gasteiger partial charge in [0, 0.05) is 13.1 Å². The van der Waals surface area contributed by atoms with Crippen LogP contribution in [0.2, 0.25) is 0 Å². The van der Waals surface area contributed by atoms with E-state index >= 15 is 0 Å². The molecule has 2 heterocycles. The lowest BCUT2D eigenvalue weighted by Gasteiger charge is -2.27. The quantitative estimate of drug-likeness (QED) is 0.753. The van der Waals surface area contributed by atoms with E-state index in [0.717, 1.165) is 35.9 Å². The zero-order valence-corrected chi connectivity index (χ0v) is 15.8. The molecule has 0 unspecified atom stereocenters. The van der Waals surface area contributed by atoms with E-state index in [1.807, 2.05) is 0 Å². The molecule has 2 aliphatic heterocycles. The highest BCUT2D eigenvalue weighted by Crippen LogP contribution is 2.33. The van der Waals surface area contributed by atoms with Crippen LogP contribution in [0, 0.1) is 0 Å². The number of nitrogens with zero attached hydrogens (tertiary/aromatic N) is 2. The van der Waals surface area contributed by atoms with Crippen molar-refractivity contribution >= 4 is 50.8 Å². The summed E-state index contributed by atoms with van der Waals surface area (Å²) < 4.78 is 0.501. The molecule has 2 saturated heterocycles. The number of aromatic hydroxyl groups is 1. The molecular formula is C17H17BrN2O4S. The van der Waals surface area contributed by atoms with Crippen molar-refractivity contribution in [2.45, 2.75) is 19.3 Å². The van der Waals surface area contributed by atoms with Crippen LogP contribution in [0.15, 0.2) is 27.6 Å². The van der Waals surface area contributed by atoms with Crippen LogP contribution in [0.5, 0.6) is 5.75 Å². The second-order valence-corrected chi connectivity index (χ2v) is 7.77. The Bertz CT molecular complexity index is 759. The summed E-state index contributed by atoms with van der Waals surface area (Å²) in [5.41, 5.74) is 0.678. The first-order chi connectivity index (χ1) is 12.0. The van der Waals surface area contributed by atoms with E-state index < -0.39 is 11.1 Å². The van der Waals surface area contributed by atoms with Crippen molar-refractivity contribution in [2.24, 2.45) is 0 Å². The Morgan fingerprint density at radius 3 is 2.64 bits per heavy atom. The van der Waals surface area contributed by atoms with Crippen molar-refractivity contribution in [3.05, 3.63) is 33.1 Å². The molecule has 3 amide bonds. The highest BCUT2D eigenvalue weighted by atomic mass is 79.9. The molecule has 0 bridgehead atoms. The first-order valence-electron chi connectivity index (χ1n) is 7.97. The molecule has 1 N–H and O–H groups in total. The van der Waals surface area contributed by atoms with Gasteiger partial charge in [-0.2, -0.15) is 0 Å². The van der Waals surface area contributed by atoms with Gasteiger partial charge >= 0.3 is 0 Å². The van der Waals surface area contributed by atoms with Crippen LogP contribution in [0.3, 0.4) is 0 Å². The zero-order valence-electron chi connectivity index (χ0n) is 13.4. The Labute approximate surface area is 158 Å². The number of amides is 3. The van der Waals surface area contributed by atoms with Crippen molar-refractivity contribution < 1.29 is 19.5 Å². The number of carbonyl (C=O) groups excluding carboxylic acids is 3. The molecule has 0 radical (unpaired) electrons. The Morgan fingerprint density at radius 1 is 1.24 bits per heavy atom. The van der Waals surface area contributed by atoms with E-state index in [0.29, 0.717) is 23.1 Å². The predicted octanol–water partition coefficient (Wildman–Crippen LogP) is 3.20. The van der Waals surface area contributed by atoms with Crippen LogP contribution in [0.25, 0.3) is 6.08 Å². The fourth-order valence-corrected chi connectivity index (χ4v) is 4.01. The Balaban J connectivity index is 1.72.